The number of nitrogens with one attached hydrogen (secondary N) is 1. The fraction of sp³-hybridized carbons (Fsp3) is 1.00. The van der Waals surface area contributed by atoms with Gasteiger partial charge in [-0.15, -0.1) is 0 Å². The summed E-state index contributed by atoms with van der Waals surface area (Å²) in [5.74, 6) is 0. The molecule has 1 saturated carbocycles. The van der Waals surface area contributed by atoms with Crippen molar-refractivity contribution < 1.29 is 0 Å². The van der Waals surface area contributed by atoms with Crippen LogP contribution in [0.1, 0.15) is 53.4 Å². The highest BCUT2D eigenvalue weighted by Gasteiger charge is 2.31. The van der Waals surface area contributed by atoms with E-state index in [1.807, 2.05) is 0 Å². The Hall–Kier alpha value is -0.120. The summed E-state index contributed by atoms with van der Waals surface area (Å²) in [4.78, 5) is 5.09. The molecule has 0 unspecified atom stereocenters. The molecule has 3 nitrogen and oxygen atoms in total. The molecule has 1 aliphatic carbocycles. The van der Waals surface area contributed by atoms with Crippen molar-refractivity contribution in [1.29, 1.82) is 0 Å². The highest BCUT2D eigenvalue weighted by Crippen LogP contribution is 2.35. The molecular formula is C17H35N3. The second kappa shape index (κ2) is 6.33. The molecule has 3 heteroatoms. The molecule has 0 aromatic heterocycles. The molecular weight excluding hydrogens is 246 g/mol. The number of hydrogen-bond donors (Lipinski definition) is 1. The van der Waals surface area contributed by atoms with Crippen molar-refractivity contribution >= 4 is 0 Å². The van der Waals surface area contributed by atoms with Crippen molar-refractivity contribution in [1.82, 2.24) is 15.1 Å². The number of nitrogens with zero attached hydrogens (tertiary/aromatic N) is 2. The predicted octanol–water partition coefficient (Wildman–Crippen LogP) is 2.57. The summed E-state index contributed by atoms with van der Waals surface area (Å²) in [5, 5.41) is 3.85. The zero-order chi connectivity index (χ0) is 14.8. The van der Waals surface area contributed by atoms with Gasteiger partial charge < -0.3 is 10.2 Å². The van der Waals surface area contributed by atoms with E-state index in [-0.39, 0.29) is 5.54 Å². The Balaban J connectivity index is 1.75. The van der Waals surface area contributed by atoms with E-state index in [0.29, 0.717) is 5.41 Å². The molecule has 1 aliphatic heterocycles. The van der Waals surface area contributed by atoms with Gasteiger partial charge in [0.05, 0.1) is 0 Å². The second-order valence-electron chi connectivity index (χ2n) is 8.42. The number of hydrogen-bond acceptors (Lipinski definition) is 3. The molecule has 2 rings (SSSR count). The van der Waals surface area contributed by atoms with Crippen LogP contribution in [0.3, 0.4) is 0 Å². The van der Waals surface area contributed by atoms with Crippen molar-refractivity contribution in [2.75, 3.05) is 39.8 Å². The number of rotatable bonds is 4. The molecule has 1 heterocycles. The van der Waals surface area contributed by atoms with Crippen LogP contribution >= 0.6 is 0 Å². The predicted molar refractivity (Wildman–Crippen MR) is 87.2 cm³/mol. The first kappa shape index (κ1) is 16.3. The van der Waals surface area contributed by atoms with Gasteiger partial charge >= 0.3 is 0 Å². The highest BCUT2D eigenvalue weighted by molar-refractivity contribution is 4.90. The van der Waals surface area contributed by atoms with Gasteiger partial charge in [0.15, 0.2) is 0 Å². The van der Waals surface area contributed by atoms with Crippen LogP contribution in [0.15, 0.2) is 0 Å². The van der Waals surface area contributed by atoms with Crippen molar-refractivity contribution in [3.8, 4) is 0 Å². The summed E-state index contributed by atoms with van der Waals surface area (Å²) >= 11 is 0. The van der Waals surface area contributed by atoms with E-state index < -0.39 is 0 Å². The Kier molecular flexibility index (Phi) is 5.14. The smallest absolute Gasteiger partial charge is 0.0278 e. The summed E-state index contributed by atoms with van der Waals surface area (Å²) in [5.41, 5.74) is 0.860. The molecule has 0 atom stereocenters. The first-order chi connectivity index (χ1) is 9.28. The van der Waals surface area contributed by atoms with Gasteiger partial charge in [0.1, 0.15) is 0 Å². The minimum Gasteiger partial charge on any atom is -0.312 e. The lowest BCUT2D eigenvalue weighted by atomic mass is 9.75. The molecule has 1 saturated heterocycles. The van der Waals surface area contributed by atoms with E-state index in [1.165, 1.54) is 51.9 Å². The SMILES string of the molecule is CN1CCN(C(C)(C)CNC2CCC(C)(C)CC2)CC1. The topological polar surface area (TPSA) is 18.5 Å². The molecule has 118 valence electrons. The third-order valence-electron chi connectivity index (χ3n) is 5.52. The molecule has 0 aromatic carbocycles. The lowest BCUT2D eigenvalue weighted by molar-refractivity contribution is 0.0577. The Morgan fingerprint density at radius 1 is 1.05 bits per heavy atom. The minimum atomic E-state index is 0.286. The van der Waals surface area contributed by atoms with Crippen molar-refractivity contribution in [3.63, 3.8) is 0 Å². The van der Waals surface area contributed by atoms with E-state index >= 15 is 0 Å². The van der Waals surface area contributed by atoms with Crippen molar-refractivity contribution in [2.24, 2.45) is 5.41 Å². The molecule has 1 N–H and O–H groups in total. The van der Waals surface area contributed by atoms with Crippen LogP contribution in [0.25, 0.3) is 0 Å². The third-order valence-corrected chi connectivity index (χ3v) is 5.52. The van der Waals surface area contributed by atoms with Gasteiger partial charge in [0, 0.05) is 44.3 Å². The Labute approximate surface area is 126 Å². The van der Waals surface area contributed by atoms with Gasteiger partial charge in [-0.1, -0.05) is 13.8 Å². The van der Waals surface area contributed by atoms with E-state index in [4.69, 9.17) is 0 Å². The molecule has 2 aliphatic rings. The van der Waals surface area contributed by atoms with E-state index in [9.17, 15) is 0 Å². The first-order valence-electron chi connectivity index (χ1n) is 8.46. The summed E-state index contributed by atoms with van der Waals surface area (Å²) in [6.07, 6.45) is 5.46. The zero-order valence-corrected chi connectivity index (χ0v) is 14.3. The molecule has 0 aromatic rings. The molecule has 0 radical (unpaired) electrons. The lowest BCUT2D eigenvalue weighted by Crippen LogP contribution is -2.58. The fourth-order valence-corrected chi connectivity index (χ4v) is 3.52. The zero-order valence-electron chi connectivity index (χ0n) is 14.3. The normalized spacial score (nSPS) is 26.9. The molecule has 20 heavy (non-hydrogen) atoms. The minimum absolute atomic E-state index is 0.286. The van der Waals surface area contributed by atoms with Gasteiger partial charge in [0.2, 0.25) is 0 Å². The Morgan fingerprint density at radius 3 is 2.15 bits per heavy atom. The van der Waals surface area contributed by atoms with Gasteiger partial charge in [-0.3, -0.25) is 4.90 Å². The summed E-state index contributed by atoms with van der Waals surface area (Å²) in [7, 11) is 2.23. The number of piperazine rings is 1. The molecule has 0 spiro atoms. The van der Waals surface area contributed by atoms with Crippen LogP contribution < -0.4 is 5.32 Å². The largest absolute Gasteiger partial charge is 0.312 e. The van der Waals surface area contributed by atoms with E-state index in [2.05, 4.69) is 49.9 Å². The van der Waals surface area contributed by atoms with Gasteiger partial charge in [-0.25, -0.2) is 0 Å². The summed E-state index contributed by atoms with van der Waals surface area (Å²) < 4.78 is 0. The third kappa shape index (κ3) is 4.44. The van der Waals surface area contributed by atoms with Crippen molar-refractivity contribution in [3.05, 3.63) is 0 Å². The van der Waals surface area contributed by atoms with Crippen LogP contribution in [0.4, 0.5) is 0 Å². The molecule has 2 fully saturated rings. The van der Waals surface area contributed by atoms with E-state index in [1.54, 1.807) is 0 Å². The number of likely N-dealkylation sites (N-methyl/N-ethyl adjacent to an activating group) is 1. The van der Waals surface area contributed by atoms with Crippen LogP contribution in [0.2, 0.25) is 0 Å². The van der Waals surface area contributed by atoms with Crippen LogP contribution in [0.5, 0.6) is 0 Å². The maximum Gasteiger partial charge on any atom is 0.0278 e. The summed E-state index contributed by atoms with van der Waals surface area (Å²) in [6.45, 7) is 15.6. The quantitative estimate of drug-likeness (QED) is 0.854. The maximum atomic E-state index is 3.85. The molecule has 0 amide bonds. The highest BCUT2D eigenvalue weighted by atomic mass is 15.3. The average molecular weight is 281 g/mol. The van der Waals surface area contributed by atoms with Crippen LogP contribution in [-0.2, 0) is 0 Å². The Bertz CT molecular complexity index is 293. The Morgan fingerprint density at radius 2 is 1.60 bits per heavy atom. The van der Waals surface area contributed by atoms with Gasteiger partial charge in [0.25, 0.3) is 0 Å². The van der Waals surface area contributed by atoms with Crippen LogP contribution in [0, 0.1) is 5.41 Å². The van der Waals surface area contributed by atoms with Gasteiger partial charge in [-0.05, 0) is 52.0 Å². The maximum absolute atomic E-state index is 3.85. The first-order valence-corrected chi connectivity index (χ1v) is 8.46. The lowest BCUT2D eigenvalue weighted by Gasteiger charge is -2.44. The van der Waals surface area contributed by atoms with Gasteiger partial charge in [-0.2, -0.15) is 0 Å². The van der Waals surface area contributed by atoms with Crippen LogP contribution in [-0.4, -0.2) is 61.2 Å². The molecule has 0 bridgehead atoms. The monoisotopic (exact) mass is 281 g/mol. The fourth-order valence-electron chi connectivity index (χ4n) is 3.52. The van der Waals surface area contributed by atoms with E-state index in [0.717, 1.165) is 12.6 Å². The average Bonchev–Trinajstić information content (AvgIpc) is 2.38. The summed E-state index contributed by atoms with van der Waals surface area (Å²) in [6, 6.07) is 0.745. The standard InChI is InChI=1S/C17H35N3/c1-16(2)8-6-15(7-9-16)18-14-17(3,4)20-12-10-19(5)11-13-20/h15,18H,6-14H2,1-5H3. The van der Waals surface area contributed by atoms with Crippen molar-refractivity contribution in [2.45, 2.75) is 65.0 Å². The second-order valence-corrected chi connectivity index (χ2v) is 8.42.